The fourth-order valence-electron chi connectivity index (χ4n) is 1.59. The van der Waals surface area contributed by atoms with Crippen molar-refractivity contribution in [3.63, 3.8) is 0 Å². The molecule has 0 saturated carbocycles. The van der Waals surface area contributed by atoms with Gasteiger partial charge in [0.05, 0.1) is 15.9 Å². The van der Waals surface area contributed by atoms with Crippen molar-refractivity contribution in [3.8, 4) is 0 Å². The molecule has 2 rings (SSSR count). The van der Waals surface area contributed by atoms with Crippen molar-refractivity contribution in [2.75, 3.05) is 0 Å². The summed E-state index contributed by atoms with van der Waals surface area (Å²) in [4.78, 5) is 8.11. The van der Waals surface area contributed by atoms with Gasteiger partial charge in [0.25, 0.3) is 0 Å². The van der Waals surface area contributed by atoms with Gasteiger partial charge in [-0.1, -0.05) is 35.8 Å². The molecule has 3 heteroatoms. The van der Waals surface area contributed by atoms with Crippen molar-refractivity contribution >= 4 is 27.0 Å². The van der Waals surface area contributed by atoms with Crippen LogP contribution in [0.15, 0.2) is 18.2 Å². The fraction of sp³-hybridized carbons (Fsp3) is 0.417. The average Bonchev–Trinajstić information content (AvgIpc) is 2.59. The number of aromatic amines is 1. The summed E-state index contributed by atoms with van der Waals surface area (Å²) in [6, 6.07) is 6.42. The Morgan fingerprint density at radius 3 is 2.60 bits per heavy atom. The molecule has 1 atom stereocenters. The van der Waals surface area contributed by atoms with E-state index in [0.717, 1.165) is 16.9 Å². The molecular formula is C12H15BrN2. The molecule has 0 fully saturated rings. The topological polar surface area (TPSA) is 28.7 Å². The monoisotopic (exact) mass is 266 g/mol. The zero-order valence-corrected chi connectivity index (χ0v) is 10.8. The summed E-state index contributed by atoms with van der Waals surface area (Å²) >= 11 is 3.51. The Labute approximate surface area is 98.2 Å². The molecule has 0 aliphatic heterocycles. The molecule has 0 spiro atoms. The van der Waals surface area contributed by atoms with Crippen LogP contribution in [0.25, 0.3) is 11.0 Å². The summed E-state index contributed by atoms with van der Waals surface area (Å²) < 4.78 is 0. The van der Waals surface area contributed by atoms with Crippen LogP contribution < -0.4 is 0 Å². The summed E-state index contributed by atoms with van der Waals surface area (Å²) in [5.41, 5.74) is 3.52. The van der Waals surface area contributed by atoms with Gasteiger partial charge < -0.3 is 4.98 Å². The van der Waals surface area contributed by atoms with Gasteiger partial charge >= 0.3 is 0 Å². The number of imidazole rings is 1. The van der Waals surface area contributed by atoms with Crippen LogP contribution in [0, 0.1) is 0 Å². The Morgan fingerprint density at radius 1 is 1.27 bits per heavy atom. The van der Waals surface area contributed by atoms with Crippen LogP contribution in [0.3, 0.4) is 0 Å². The summed E-state index contributed by atoms with van der Waals surface area (Å²) in [6.07, 6.45) is 0. The van der Waals surface area contributed by atoms with E-state index >= 15 is 0 Å². The Balaban J connectivity index is 2.52. The highest BCUT2D eigenvalue weighted by molar-refractivity contribution is 9.09. The zero-order chi connectivity index (χ0) is 11.0. The van der Waals surface area contributed by atoms with Gasteiger partial charge in [0.1, 0.15) is 5.82 Å². The summed E-state index contributed by atoms with van der Waals surface area (Å²) in [6.45, 7) is 6.47. The van der Waals surface area contributed by atoms with Gasteiger partial charge in [-0.05, 0) is 30.5 Å². The number of nitrogens with one attached hydrogen (secondary N) is 1. The van der Waals surface area contributed by atoms with Crippen molar-refractivity contribution in [2.24, 2.45) is 0 Å². The smallest absolute Gasteiger partial charge is 0.120 e. The maximum Gasteiger partial charge on any atom is 0.120 e. The lowest BCUT2D eigenvalue weighted by molar-refractivity contribution is 0.868. The number of hydrogen-bond donors (Lipinski definition) is 1. The van der Waals surface area contributed by atoms with Gasteiger partial charge in [-0.25, -0.2) is 4.98 Å². The normalized spacial score (nSPS) is 13.7. The first-order valence-corrected chi connectivity index (χ1v) is 6.13. The van der Waals surface area contributed by atoms with Gasteiger partial charge in [0.2, 0.25) is 0 Å². The van der Waals surface area contributed by atoms with Crippen LogP contribution in [0.5, 0.6) is 0 Å². The Morgan fingerprint density at radius 2 is 2.00 bits per heavy atom. The molecule has 15 heavy (non-hydrogen) atoms. The van der Waals surface area contributed by atoms with Crippen molar-refractivity contribution in [1.29, 1.82) is 0 Å². The molecule has 1 aromatic carbocycles. The molecule has 2 aromatic rings. The second-order valence-corrected chi connectivity index (χ2v) is 5.54. The second-order valence-electron chi connectivity index (χ2n) is 4.17. The van der Waals surface area contributed by atoms with E-state index in [2.05, 4.69) is 64.9 Å². The number of alkyl halides is 1. The molecule has 0 saturated heterocycles. The van der Waals surface area contributed by atoms with E-state index in [4.69, 9.17) is 0 Å². The number of nitrogens with zero attached hydrogens (tertiary/aromatic N) is 1. The van der Waals surface area contributed by atoms with Crippen LogP contribution in [0.4, 0.5) is 0 Å². The minimum absolute atomic E-state index is 0.271. The van der Waals surface area contributed by atoms with Crippen molar-refractivity contribution in [1.82, 2.24) is 9.97 Å². The number of halogens is 1. The minimum Gasteiger partial charge on any atom is -0.341 e. The molecule has 1 unspecified atom stereocenters. The molecule has 2 nitrogen and oxygen atoms in total. The SMILES string of the molecule is CC(C)c1ccc2nc(C(C)Br)[nH]c2c1. The molecule has 0 aliphatic carbocycles. The quantitative estimate of drug-likeness (QED) is 0.814. The summed E-state index contributed by atoms with van der Waals surface area (Å²) in [5, 5.41) is 0. The lowest BCUT2D eigenvalue weighted by Crippen LogP contribution is -1.86. The maximum absolute atomic E-state index is 4.51. The van der Waals surface area contributed by atoms with Gasteiger partial charge in [-0.3, -0.25) is 0 Å². The van der Waals surface area contributed by atoms with E-state index in [1.165, 1.54) is 5.56 Å². The number of rotatable bonds is 2. The minimum atomic E-state index is 0.271. The summed E-state index contributed by atoms with van der Waals surface area (Å²) in [5.74, 6) is 1.55. The highest BCUT2D eigenvalue weighted by Gasteiger charge is 2.08. The van der Waals surface area contributed by atoms with Gasteiger partial charge in [-0.2, -0.15) is 0 Å². The van der Waals surface area contributed by atoms with Crippen LogP contribution in [-0.4, -0.2) is 9.97 Å². The third-order valence-corrected chi connectivity index (χ3v) is 3.00. The summed E-state index contributed by atoms with van der Waals surface area (Å²) in [7, 11) is 0. The van der Waals surface area contributed by atoms with E-state index in [9.17, 15) is 0 Å². The van der Waals surface area contributed by atoms with E-state index in [1.807, 2.05) is 0 Å². The second kappa shape index (κ2) is 3.97. The van der Waals surface area contributed by atoms with Crippen LogP contribution in [-0.2, 0) is 0 Å². The number of aromatic nitrogens is 2. The average molecular weight is 267 g/mol. The molecule has 1 N–H and O–H groups in total. The largest absolute Gasteiger partial charge is 0.341 e. The molecule has 1 aromatic heterocycles. The molecular weight excluding hydrogens is 252 g/mol. The van der Waals surface area contributed by atoms with Crippen LogP contribution >= 0.6 is 15.9 Å². The number of H-pyrrole nitrogens is 1. The highest BCUT2D eigenvalue weighted by atomic mass is 79.9. The third kappa shape index (κ3) is 2.07. The van der Waals surface area contributed by atoms with E-state index in [0.29, 0.717) is 5.92 Å². The van der Waals surface area contributed by atoms with Gasteiger partial charge in [0.15, 0.2) is 0 Å². The molecule has 0 aliphatic rings. The van der Waals surface area contributed by atoms with Crippen molar-refractivity contribution < 1.29 is 0 Å². The third-order valence-electron chi connectivity index (χ3n) is 2.57. The highest BCUT2D eigenvalue weighted by Crippen LogP contribution is 2.24. The van der Waals surface area contributed by atoms with Gasteiger partial charge in [-0.15, -0.1) is 0 Å². The van der Waals surface area contributed by atoms with Crippen LogP contribution in [0.2, 0.25) is 0 Å². The number of hydrogen-bond acceptors (Lipinski definition) is 1. The van der Waals surface area contributed by atoms with Crippen molar-refractivity contribution in [3.05, 3.63) is 29.6 Å². The molecule has 80 valence electrons. The molecule has 0 radical (unpaired) electrons. The molecule has 0 bridgehead atoms. The Bertz CT molecular complexity index is 465. The standard InChI is InChI=1S/C12H15BrN2/c1-7(2)9-4-5-10-11(6-9)15-12(14-10)8(3)13/h4-8H,1-3H3,(H,14,15). The zero-order valence-electron chi connectivity index (χ0n) is 9.21. The van der Waals surface area contributed by atoms with Gasteiger partial charge in [0, 0.05) is 0 Å². The Kier molecular flexibility index (Phi) is 2.83. The van der Waals surface area contributed by atoms with Crippen molar-refractivity contribution in [2.45, 2.75) is 31.5 Å². The number of benzene rings is 1. The fourth-order valence-corrected chi connectivity index (χ4v) is 1.81. The van der Waals surface area contributed by atoms with E-state index in [-0.39, 0.29) is 4.83 Å². The van der Waals surface area contributed by atoms with Crippen LogP contribution in [0.1, 0.15) is 42.9 Å². The van der Waals surface area contributed by atoms with E-state index < -0.39 is 0 Å². The predicted octanol–water partition coefficient (Wildman–Crippen LogP) is 4.14. The maximum atomic E-state index is 4.51. The first kappa shape index (κ1) is 10.7. The Hall–Kier alpha value is -0.830. The lowest BCUT2D eigenvalue weighted by Gasteiger charge is -2.03. The molecule has 0 amide bonds. The predicted molar refractivity (Wildman–Crippen MR) is 67.5 cm³/mol. The lowest BCUT2D eigenvalue weighted by atomic mass is 10.0. The van der Waals surface area contributed by atoms with E-state index in [1.54, 1.807) is 0 Å². The molecule has 1 heterocycles. The first-order chi connectivity index (χ1) is 7.08. The number of fused-ring (bicyclic) bond motifs is 1. The first-order valence-electron chi connectivity index (χ1n) is 5.21.